The molecule has 19 heavy (non-hydrogen) atoms. The third-order valence-electron chi connectivity index (χ3n) is 3.56. The van der Waals surface area contributed by atoms with Gasteiger partial charge in [-0.1, -0.05) is 20.3 Å². The van der Waals surface area contributed by atoms with Crippen LogP contribution >= 0.6 is 0 Å². The molecule has 0 aliphatic carbocycles. The number of hydrogen-bond acceptors (Lipinski definition) is 3. The zero-order valence-corrected chi connectivity index (χ0v) is 12.1. The van der Waals surface area contributed by atoms with Crippen molar-refractivity contribution in [1.82, 2.24) is 14.9 Å². The highest BCUT2D eigenvalue weighted by Crippen LogP contribution is 2.18. The number of nitrogens with zero attached hydrogens (tertiary/aromatic N) is 2. The first-order valence-electron chi connectivity index (χ1n) is 6.94. The maximum atomic E-state index is 12.1. The van der Waals surface area contributed by atoms with Crippen LogP contribution in [0.5, 0.6) is 0 Å². The van der Waals surface area contributed by atoms with Gasteiger partial charge in [-0.3, -0.25) is 4.79 Å². The lowest BCUT2D eigenvalue weighted by Gasteiger charge is -2.28. The molecule has 0 saturated carbocycles. The summed E-state index contributed by atoms with van der Waals surface area (Å²) in [5.74, 6) is -0.0226. The van der Waals surface area contributed by atoms with Gasteiger partial charge in [0.1, 0.15) is 0 Å². The van der Waals surface area contributed by atoms with Gasteiger partial charge in [0, 0.05) is 24.9 Å². The van der Waals surface area contributed by atoms with Gasteiger partial charge in [0.05, 0.1) is 18.5 Å². The van der Waals surface area contributed by atoms with Crippen LogP contribution in [0.15, 0.2) is 18.7 Å². The van der Waals surface area contributed by atoms with Crippen LogP contribution in [0.25, 0.3) is 0 Å². The predicted molar refractivity (Wildman–Crippen MR) is 74.7 cm³/mol. The maximum absolute atomic E-state index is 12.1. The highest BCUT2D eigenvalue weighted by atomic mass is 16.3. The molecule has 2 unspecified atom stereocenters. The fourth-order valence-electron chi connectivity index (χ4n) is 2.02. The van der Waals surface area contributed by atoms with Crippen LogP contribution in [0.3, 0.4) is 0 Å². The molecule has 1 rings (SSSR count). The largest absolute Gasteiger partial charge is 0.394 e. The van der Waals surface area contributed by atoms with Gasteiger partial charge in [-0.25, -0.2) is 4.98 Å². The van der Waals surface area contributed by atoms with Crippen LogP contribution < -0.4 is 5.32 Å². The van der Waals surface area contributed by atoms with Crippen molar-refractivity contribution >= 4 is 5.91 Å². The monoisotopic (exact) mass is 267 g/mol. The molecule has 5 heteroatoms. The number of aliphatic hydroxyl groups is 1. The molecule has 108 valence electrons. The predicted octanol–water partition coefficient (Wildman–Crippen LogP) is 1.89. The maximum Gasteiger partial charge on any atom is 0.222 e. The van der Waals surface area contributed by atoms with Crippen LogP contribution in [-0.2, 0) is 4.79 Å². The molecule has 0 spiro atoms. The lowest BCUT2D eigenvalue weighted by Crippen LogP contribution is -2.48. The van der Waals surface area contributed by atoms with E-state index in [1.807, 2.05) is 24.6 Å². The molecule has 0 bridgehead atoms. The molecular weight excluding hydrogens is 242 g/mol. The number of aromatic nitrogens is 2. The van der Waals surface area contributed by atoms with Crippen molar-refractivity contribution in [3.63, 3.8) is 0 Å². The van der Waals surface area contributed by atoms with Crippen LogP contribution in [0.1, 0.15) is 52.5 Å². The van der Waals surface area contributed by atoms with Gasteiger partial charge in [-0.2, -0.15) is 0 Å². The van der Waals surface area contributed by atoms with E-state index in [1.54, 1.807) is 12.5 Å². The minimum Gasteiger partial charge on any atom is -0.394 e. The summed E-state index contributed by atoms with van der Waals surface area (Å²) in [6, 6.07) is 0.132. The summed E-state index contributed by atoms with van der Waals surface area (Å²) >= 11 is 0. The average molecular weight is 267 g/mol. The molecule has 0 fully saturated rings. The second kappa shape index (κ2) is 7.28. The van der Waals surface area contributed by atoms with E-state index in [9.17, 15) is 9.90 Å². The smallest absolute Gasteiger partial charge is 0.222 e. The highest BCUT2D eigenvalue weighted by molar-refractivity contribution is 5.77. The lowest BCUT2D eigenvalue weighted by atomic mass is 9.99. The zero-order chi connectivity index (χ0) is 14.3. The van der Waals surface area contributed by atoms with Crippen molar-refractivity contribution in [1.29, 1.82) is 0 Å². The van der Waals surface area contributed by atoms with Gasteiger partial charge in [-0.15, -0.1) is 0 Å². The first-order valence-corrected chi connectivity index (χ1v) is 6.94. The minimum atomic E-state index is -0.525. The Morgan fingerprint density at radius 2 is 2.26 bits per heavy atom. The molecular formula is C14H25N3O2. The Kier molecular flexibility index (Phi) is 6.02. The quantitative estimate of drug-likeness (QED) is 0.756. The van der Waals surface area contributed by atoms with Crippen molar-refractivity contribution in [2.75, 3.05) is 6.61 Å². The van der Waals surface area contributed by atoms with E-state index in [0.717, 1.165) is 12.8 Å². The molecule has 5 nitrogen and oxygen atoms in total. The van der Waals surface area contributed by atoms with Gasteiger partial charge in [0.25, 0.3) is 0 Å². The Morgan fingerprint density at radius 3 is 2.74 bits per heavy atom. The van der Waals surface area contributed by atoms with E-state index in [4.69, 9.17) is 0 Å². The molecule has 1 aromatic heterocycles. The van der Waals surface area contributed by atoms with Crippen LogP contribution in [0.2, 0.25) is 0 Å². The number of nitrogens with one attached hydrogen (secondary N) is 1. The summed E-state index contributed by atoms with van der Waals surface area (Å²) in [7, 11) is 0. The van der Waals surface area contributed by atoms with Crippen molar-refractivity contribution < 1.29 is 9.90 Å². The second-order valence-corrected chi connectivity index (χ2v) is 5.28. The summed E-state index contributed by atoms with van der Waals surface area (Å²) < 4.78 is 1.98. The van der Waals surface area contributed by atoms with Crippen molar-refractivity contribution in [2.24, 2.45) is 0 Å². The van der Waals surface area contributed by atoms with E-state index in [1.165, 1.54) is 0 Å². The van der Waals surface area contributed by atoms with Crippen molar-refractivity contribution in [2.45, 2.75) is 58.0 Å². The standard InChI is InChI=1S/C14H25N3O2/c1-4-6-12(17-8-7-15-11-17)9-13(19)16-14(3,5-2)10-18/h7-8,11-12,18H,4-6,9-10H2,1-3H3,(H,16,19). The fourth-order valence-corrected chi connectivity index (χ4v) is 2.02. The van der Waals surface area contributed by atoms with E-state index in [0.29, 0.717) is 12.8 Å². The number of amides is 1. The summed E-state index contributed by atoms with van der Waals surface area (Å²) in [4.78, 5) is 16.1. The minimum absolute atomic E-state index is 0.0226. The van der Waals surface area contributed by atoms with Gasteiger partial charge in [0.15, 0.2) is 0 Å². The van der Waals surface area contributed by atoms with E-state index in [2.05, 4.69) is 17.2 Å². The third kappa shape index (κ3) is 4.67. The van der Waals surface area contributed by atoms with Gasteiger partial charge in [0.2, 0.25) is 5.91 Å². The fraction of sp³-hybridized carbons (Fsp3) is 0.714. The number of carbonyl (C=O) groups is 1. The van der Waals surface area contributed by atoms with Gasteiger partial charge < -0.3 is 15.0 Å². The van der Waals surface area contributed by atoms with Crippen molar-refractivity contribution in [3.8, 4) is 0 Å². The molecule has 1 amide bonds. The number of aliphatic hydroxyl groups excluding tert-OH is 1. The number of carbonyl (C=O) groups excluding carboxylic acids is 1. The lowest BCUT2D eigenvalue weighted by molar-refractivity contribution is -0.124. The van der Waals surface area contributed by atoms with Gasteiger partial charge in [-0.05, 0) is 19.8 Å². The van der Waals surface area contributed by atoms with E-state index < -0.39 is 5.54 Å². The Hall–Kier alpha value is -1.36. The molecule has 2 N–H and O–H groups in total. The van der Waals surface area contributed by atoms with Crippen LogP contribution in [0, 0.1) is 0 Å². The highest BCUT2D eigenvalue weighted by Gasteiger charge is 2.24. The second-order valence-electron chi connectivity index (χ2n) is 5.28. The van der Waals surface area contributed by atoms with E-state index >= 15 is 0 Å². The Balaban J connectivity index is 2.62. The van der Waals surface area contributed by atoms with Crippen LogP contribution in [0.4, 0.5) is 0 Å². The number of imidazole rings is 1. The summed E-state index contributed by atoms with van der Waals surface area (Å²) in [5, 5.41) is 12.2. The third-order valence-corrected chi connectivity index (χ3v) is 3.56. The first kappa shape index (κ1) is 15.7. The SMILES string of the molecule is CCCC(CC(=O)NC(C)(CC)CO)n1ccnc1. The first-order chi connectivity index (χ1) is 9.04. The topological polar surface area (TPSA) is 67.2 Å². The number of hydrogen-bond donors (Lipinski definition) is 2. The molecule has 2 atom stereocenters. The number of rotatable bonds is 8. The Bertz CT molecular complexity index is 372. The summed E-state index contributed by atoms with van der Waals surface area (Å²) in [6.07, 6.45) is 8.44. The van der Waals surface area contributed by atoms with Crippen LogP contribution in [-0.4, -0.2) is 32.7 Å². The Morgan fingerprint density at radius 1 is 1.53 bits per heavy atom. The summed E-state index contributed by atoms with van der Waals surface area (Å²) in [5.41, 5.74) is -0.525. The normalized spacial score (nSPS) is 15.8. The molecule has 0 radical (unpaired) electrons. The Labute approximate surface area is 115 Å². The molecule has 1 heterocycles. The van der Waals surface area contributed by atoms with Crippen molar-refractivity contribution in [3.05, 3.63) is 18.7 Å². The average Bonchev–Trinajstić information content (AvgIpc) is 2.92. The van der Waals surface area contributed by atoms with Gasteiger partial charge >= 0.3 is 0 Å². The zero-order valence-electron chi connectivity index (χ0n) is 12.1. The molecule has 0 aromatic carbocycles. The molecule has 0 aliphatic heterocycles. The molecule has 1 aromatic rings. The molecule has 0 aliphatic rings. The molecule has 0 saturated heterocycles. The summed E-state index contributed by atoms with van der Waals surface area (Å²) in [6.45, 7) is 5.87. The van der Waals surface area contributed by atoms with E-state index in [-0.39, 0.29) is 18.6 Å².